The molecule has 5 nitrogen and oxygen atoms in total. The molecule has 1 aliphatic heterocycles. The molecular formula is C18H18BrN3O2. The van der Waals surface area contributed by atoms with Gasteiger partial charge in [-0.2, -0.15) is 0 Å². The summed E-state index contributed by atoms with van der Waals surface area (Å²) in [4.78, 5) is 32.8. The molecule has 6 heteroatoms. The number of carbonyl (C=O) groups is 2. The third-order valence-electron chi connectivity index (χ3n) is 4.05. The number of benzene rings is 1. The largest absolute Gasteiger partial charge is 0.337 e. The van der Waals surface area contributed by atoms with Crippen LogP contribution in [0.25, 0.3) is 0 Å². The van der Waals surface area contributed by atoms with E-state index in [2.05, 4.69) is 20.9 Å². The van der Waals surface area contributed by atoms with E-state index in [1.165, 1.54) is 0 Å². The Hall–Kier alpha value is -2.21. The highest BCUT2D eigenvalue weighted by Crippen LogP contribution is 2.14. The SMILES string of the molecule is O=C(c1ccc(Br)cc1)N1CCCN(C(=O)c2ccccn2)CC1. The van der Waals surface area contributed by atoms with Crippen molar-refractivity contribution in [3.05, 3.63) is 64.4 Å². The number of hydrogen-bond donors (Lipinski definition) is 0. The molecule has 0 unspecified atom stereocenters. The highest BCUT2D eigenvalue weighted by molar-refractivity contribution is 9.10. The fourth-order valence-electron chi connectivity index (χ4n) is 2.75. The number of rotatable bonds is 2. The smallest absolute Gasteiger partial charge is 0.272 e. The zero-order valence-electron chi connectivity index (χ0n) is 13.2. The summed E-state index contributed by atoms with van der Waals surface area (Å²) in [6.45, 7) is 2.35. The fourth-order valence-corrected chi connectivity index (χ4v) is 3.01. The van der Waals surface area contributed by atoms with E-state index in [1.807, 2.05) is 29.2 Å². The van der Waals surface area contributed by atoms with E-state index in [1.54, 1.807) is 29.3 Å². The molecule has 0 radical (unpaired) electrons. The minimum absolute atomic E-state index is 0.00892. The second kappa shape index (κ2) is 7.57. The van der Waals surface area contributed by atoms with E-state index in [0.717, 1.165) is 10.9 Å². The first-order valence-corrected chi connectivity index (χ1v) is 8.69. The van der Waals surface area contributed by atoms with Gasteiger partial charge in [0, 0.05) is 42.4 Å². The topological polar surface area (TPSA) is 53.5 Å². The Morgan fingerprint density at radius 2 is 1.54 bits per heavy atom. The fraction of sp³-hybridized carbons (Fsp3) is 0.278. The van der Waals surface area contributed by atoms with Crippen LogP contribution in [0.4, 0.5) is 0 Å². The lowest BCUT2D eigenvalue weighted by Crippen LogP contribution is -2.37. The Labute approximate surface area is 149 Å². The average molecular weight is 388 g/mol. The molecule has 0 N–H and O–H groups in total. The molecular weight excluding hydrogens is 370 g/mol. The van der Waals surface area contributed by atoms with Crippen molar-refractivity contribution in [3.63, 3.8) is 0 Å². The summed E-state index contributed by atoms with van der Waals surface area (Å²) in [6, 6.07) is 12.7. The van der Waals surface area contributed by atoms with Crippen molar-refractivity contribution in [1.29, 1.82) is 0 Å². The Bertz CT molecular complexity index is 719. The van der Waals surface area contributed by atoms with E-state index < -0.39 is 0 Å². The van der Waals surface area contributed by atoms with Gasteiger partial charge >= 0.3 is 0 Å². The number of carbonyl (C=O) groups excluding carboxylic acids is 2. The molecule has 0 aliphatic carbocycles. The van der Waals surface area contributed by atoms with Gasteiger partial charge < -0.3 is 9.80 Å². The van der Waals surface area contributed by atoms with Crippen LogP contribution in [0.5, 0.6) is 0 Å². The van der Waals surface area contributed by atoms with Gasteiger partial charge in [0.25, 0.3) is 11.8 Å². The summed E-state index contributed by atoms with van der Waals surface area (Å²) in [6.07, 6.45) is 2.38. The molecule has 1 aromatic carbocycles. The van der Waals surface area contributed by atoms with Crippen molar-refractivity contribution in [2.75, 3.05) is 26.2 Å². The minimum atomic E-state index is -0.0754. The van der Waals surface area contributed by atoms with Gasteiger partial charge in [0.1, 0.15) is 5.69 Å². The summed E-state index contributed by atoms with van der Waals surface area (Å²) >= 11 is 3.37. The number of amides is 2. The number of halogens is 1. The molecule has 0 saturated carbocycles. The highest BCUT2D eigenvalue weighted by atomic mass is 79.9. The van der Waals surface area contributed by atoms with Crippen LogP contribution in [-0.2, 0) is 0 Å². The quantitative estimate of drug-likeness (QED) is 0.795. The predicted octanol–water partition coefficient (Wildman–Crippen LogP) is 2.83. The molecule has 2 heterocycles. The van der Waals surface area contributed by atoms with Crippen LogP contribution in [0.15, 0.2) is 53.1 Å². The predicted molar refractivity (Wildman–Crippen MR) is 94.8 cm³/mol. The summed E-state index contributed by atoms with van der Waals surface area (Å²) < 4.78 is 0.946. The second-order valence-corrected chi connectivity index (χ2v) is 6.58. The van der Waals surface area contributed by atoms with E-state index in [4.69, 9.17) is 0 Å². The first-order valence-electron chi connectivity index (χ1n) is 7.90. The minimum Gasteiger partial charge on any atom is -0.337 e. The van der Waals surface area contributed by atoms with Crippen molar-refractivity contribution in [2.24, 2.45) is 0 Å². The molecule has 2 aromatic rings. The summed E-state index contributed by atoms with van der Waals surface area (Å²) in [5.74, 6) is -0.0665. The first-order chi connectivity index (χ1) is 11.6. The number of nitrogens with zero attached hydrogens (tertiary/aromatic N) is 3. The number of pyridine rings is 1. The van der Waals surface area contributed by atoms with Crippen LogP contribution in [0.1, 0.15) is 27.3 Å². The normalized spacial score (nSPS) is 15.0. The maximum absolute atomic E-state index is 12.6. The highest BCUT2D eigenvalue weighted by Gasteiger charge is 2.23. The van der Waals surface area contributed by atoms with E-state index in [-0.39, 0.29) is 11.8 Å². The van der Waals surface area contributed by atoms with Crippen molar-refractivity contribution in [2.45, 2.75) is 6.42 Å². The molecule has 0 spiro atoms. The van der Waals surface area contributed by atoms with Crippen LogP contribution in [0.2, 0.25) is 0 Å². The molecule has 3 rings (SSSR count). The van der Waals surface area contributed by atoms with Gasteiger partial charge in [-0.3, -0.25) is 14.6 Å². The second-order valence-electron chi connectivity index (χ2n) is 5.66. The standard InChI is InChI=1S/C18H18BrN3O2/c19-15-7-5-14(6-8-15)17(23)21-10-3-11-22(13-12-21)18(24)16-4-1-2-9-20-16/h1-2,4-9H,3,10-13H2. The summed E-state index contributed by atoms with van der Waals surface area (Å²) in [5.41, 5.74) is 1.12. The molecule has 1 saturated heterocycles. The zero-order valence-corrected chi connectivity index (χ0v) is 14.8. The van der Waals surface area contributed by atoms with E-state index >= 15 is 0 Å². The lowest BCUT2D eigenvalue weighted by atomic mass is 10.2. The first kappa shape index (κ1) is 16.6. The Kier molecular flexibility index (Phi) is 5.25. The molecule has 1 aromatic heterocycles. The third kappa shape index (κ3) is 3.82. The van der Waals surface area contributed by atoms with E-state index in [0.29, 0.717) is 37.4 Å². The van der Waals surface area contributed by atoms with Crippen molar-refractivity contribution >= 4 is 27.7 Å². The van der Waals surface area contributed by atoms with Gasteiger partial charge in [-0.15, -0.1) is 0 Å². The van der Waals surface area contributed by atoms with Crippen molar-refractivity contribution in [3.8, 4) is 0 Å². The third-order valence-corrected chi connectivity index (χ3v) is 4.57. The monoisotopic (exact) mass is 387 g/mol. The van der Waals surface area contributed by atoms with Gasteiger partial charge in [-0.25, -0.2) is 0 Å². The van der Waals surface area contributed by atoms with Crippen LogP contribution in [-0.4, -0.2) is 52.8 Å². The zero-order chi connectivity index (χ0) is 16.9. The van der Waals surface area contributed by atoms with Crippen LogP contribution >= 0.6 is 15.9 Å². The summed E-state index contributed by atoms with van der Waals surface area (Å²) in [7, 11) is 0. The van der Waals surface area contributed by atoms with Crippen molar-refractivity contribution < 1.29 is 9.59 Å². The number of aromatic nitrogens is 1. The molecule has 1 fully saturated rings. The van der Waals surface area contributed by atoms with Gasteiger partial charge in [-0.05, 0) is 42.8 Å². The molecule has 0 bridgehead atoms. The lowest BCUT2D eigenvalue weighted by molar-refractivity contribution is 0.0715. The van der Waals surface area contributed by atoms with Gasteiger partial charge in [0.05, 0.1) is 0 Å². The maximum Gasteiger partial charge on any atom is 0.272 e. The van der Waals surface area contributed by atoms with Crippen molar-refractivity contribution in [1.82, 2.24) is 14.8 Å². The summed E-state index contributed by atoms with van der Waals surface area (Å²) in [5, 5.41) is 0. The van der Waals surface area contributed by atoms with Crippen LogP contribution in [0, 0.1) is 0 Å². The van der Waals surface area contributed by atoms with Crippen LogP contribution in [0.3, 0.4) is 0 Å². The molecule has 124 valence electrons. The Morgan fingerprint density at radius 1 is 0.875 bits per heavy atom. The molecule has 24 heavy (non-hydrogen) atoms. The molecule has 0 atom stereocenters. The maximum atomic E-state index is 12.6. The Balaban J connectivity index is 1.65. The average Bonchev–Trinajstić information content (AvgIpc) is 2.88. The van der Waals surface area contributed by atoms with E-state index in [9.17, 15) is 9.59 Å². The molecule has 1 aliphatic rings. The van der Waals surface area contributed by atoms with Gasteiger partial charge in [0.2, 0.25) is 0 Å². The Morgan fingerprint density at radius 3 is 2.17 bits per heavy atom. The number of hydrogen-bond acceptors (Lipinski definition) is 3. The lowest BCUT2D eigenvalue weighted by Gasteiger charge is -2.22. The van der Waals surface area contributed by atoms with Gasteiger partial charge in [0.15, 0.2) is 0 Å². The van der Waals surface area contributed by atoms with Gasteiger partial charge in [-0.1, -0.05) is 22.0 Å². The molecule has 2 amide bonds. The van der Waals surface area contributed by atoms with Crippen LogP contribution < -0.4 is 0 Å².